The maximum atomic E-state index is 10.0. The van der Waals surface area contributed by atoms with Crippen LogP contribution in [0.5, 0.6) is 0 Å². The summed E-state index contributed by atoms with van der Waals surface area (Å²) in [6, 6.07) is 38.0. The molecule has 1 aliphatic rings. The van der Waals surface area contributed by atoms with Gasteiger partial charge in [0.15, 0.2) is 5.79 Å². The van der Waals surface area contributed by atoms with Crippen molar-refractivity contribution >= 4 is 0 Å². The normalized spacial score (nSPS) is 18.5. The second kappa shape index (κ2) is 10.7. The third kappa shape index (κ3) is 4.52. The Morgan fingerprint density at radius 2 is 0.795 bits per heavy atom. The molecular weight excluding hydrogens is 488 g/mol. The fourth-order valence-electron chi connectivity index (χ4n) is 5.62. The van der Waals surface area contributed by atoms with E-state index in [9.17, 15) is 11.1 Å². The molecule has 2 atom stereocenters. The molecule has 194 valence electrons. The molecule has 0 bridgehead atoms. The fraction of sp³-hybridized carbons (Fsp3) is 0.226. The summed E-state index contributed by atoms with van der Waals surface area (Å²) in [5.74, 6) is -1.10. The predicted molar refractivity (Wildman–Crippen MR) is 149 cm³/mol. The standard InChI is InChI=1S/C31H28N6O2/c1-29(2)38-27(30(34-36-32,23-15-7-3-8-16-23)24-17-9-4-10-18-24)28(39-29)31(35-37-33,25-19-11-5-12-20-25)26-21-13-6-14-22-26/h3-22,27-28H,1-2H3/t27-,28-/m0/s1. The first-order valence-corrected chi connectivity index (χ1v) is 12.7. The van der Waals surface area contributed by atoms with Gasteiger partial charge in [-0.25, -0.2) is 0 Å². The minimum absolute atomic E-state index is 0.723. The van der Waals surface area contributed by atoms with Crippen molar-refractivity contribution in [3.05, 3.63) is 164 Å². The highest BCUT2D eigenvalue weighted by atomic mass is 16.8. The molecular formula is C31H28N6O2. The van der Waals surface area contributed by atoms with Gasteiger partial charge in [-0.15, -0.1) is 0 Å². The summed E-state index contributed by atoms with van der Waals surface area (Å²) in [5.41, 5.74) is 20.2. The molecule has 39 heavy (non-hydrogen) atoms. The van der Waals surface area contributed by atoms with Gasteiger partial charge < -0.3 is 9.47 Å². The predicted octanol–water partition coefficient (Wildman–Crippen LogP) is 8.01. The van der Waals surface area contributed by atoms with Gasteiger partial charge >= 0.3 is 0 Å². The molecule has 0 unspecified atom stereocenters. The first kappa shape index (κ1) is 26.0. The van der Waals surface area contributed by atoms with Crippen LogP contribution in [0, 0.1) is 0 Å². The third-order valence-electron chi connectivity index (χ3n) is 7.18. The minimum atomic E-state index is -1.37. The lowest BCUT2D eigenvalue weighted by Gasteiger charge is -2.43. The maximum Gasteiger partial charge on any atom is 0.163 e. The first-order valence-electron chi connectivity index (χ1n) is 12.7. The maximum absolute atomic E-state index is 10.0. The first-order chi connectivity index (χ1) is 19.0. The molecule has 1 aliphatic heterocycles. The Balaban J connectivity index is 1.89. The van der Waals surface area contributed by atoms with Gasteiger partial charge in [0.2, 0.25) is 0 Å². The van der Waals surface area contributed by atoms with Gasteiger partial charge in [-0.2, -0.15) is 0 Å². The van der Waals surface area contributed by atoms with Crippen LogP contribution in [0.2, 0.25) is 0 Å². The molecule has 0 spiro atoms. The van der Waals surface area contributed by atoms with Crippen molar-refractivity contribution in [2.24, 2.45) is 10.2 Å². The molecule has 0 N–H and O–H groups in total. The smallest absolute Gasteiger partial charge is 0.163 e. The van der Waals surface area contributed by atoms with Gasteiger partial charge in [-0.05, 0) is 47.2 Å². The van der Waals surface area contributed by atoms with Crippen LogP contribution < -0.4 is 0 Å². The Labute approximate surface area is 227 Å². The Hall–Kier alpha value is -4.58. The van der Waals surface area contributed by atoms with Crippen LogP contribution in [0.1, 0.15) is 36.1 Å². The fourth-order valence-corrected chi connectivity index (χ4v) is 5.62. The largest absolute Gasteiger partial charge is 0.343 e. The van der Waals surface area contributed by atoms with Crippen molar-refractivity contribution in [3.63, 3.8) is 0 Å². The number of rotatable bonds is 8. The number of hydrogen-bond acceptors (Lipinski definition) is 4. The van der Waals surface area contributed by atoms with E-state index >= 15 is 0 Å². The average molecular weight is 517 g/mol. The van der Waals surface area contributed by atoms with Crippen molar-refractivity contribution in [2.75, 3.05) is 0 Å². The van der Waals surface area contributed by atoms with Crippen LogP contribution in [0.4, 0.5) is 0 Å². The number of benzene rings is 4. The van der Waals surface area contributed by atoms with Gasteiger partial charge in [-0.1, -0.05) is 132 Å². The van der Waals surface area contributed by atoms with Crippen molar-refractivity contribution < 1.29 is 9.47 Å². The highest BCUT2D eigenvalue weighted by Crippen LogP contribution is 2.53. The second-order valence-electron chi connectivity index (χ2n) is 9.85. The molecule has 1 heterocycles. The quantitative estimate of drug-likeness (QED) is 0.134. The summed E-state index contributed by atoms with van der Waals surface area (Å²) in [4.78, 5) is 6.69. The van der Waals surface area contributed by atoms with E-state index in [-0.39, 0.29) is 0 Å². The molecule has 8 heteroatoms. The molecule has 1 fully saturated rings. The van der Waals surface area contributed by atoms with Crippen LogP contribution in [0.3, 0.4) is 0 Å². The Kier molecular flexibility index (Phi) is 7.11. The van der Waals surface area contributed by atoms with Crippen LogP contribution in [0.25, 0.3) is 20.9 Å². The summed E-state index contributed by atoms with van der Waals surface area (Å²) in [5, 5.41) is 8.99. The topological polar surface area (TPSA) is 116 Å². The second-order valence-corrected chi connectivity index (χ2v) is 9.85. The van der Waals surface area contributed by atoms with Crippen molar-refractivity contribution in [3.8, 4) is 0 Å². The Morgan fingerprint density at radius 3 is 1.03 bits per heavy atom. The summed E-state index contributed by atoms with van der Waals surface area (Å²) >= 11 is 0. The minimum Gasteiger partial charge on any atom is -0.343 e. The number of hydrogen-bond donors (Lipinski definition) is 0. The van der Waals surface area contributed by atoms with Gasteiger partial charge in [0, 0.05) is 9.82 Å². The number of azide groups is 2. The number of ether oxygens (including phenoxy) is 2. The van der Waals surface area contributed by atoms with Crippen LogP contribution >= 0.6 is 0 Å². The van der Waals surface area contributed by atoms with E-state index in [2.05, 4.69) is 20.1 Å². The van der Waals surface area contributed by atoms with E-state index in [0.29, 0.717) is 0 Å². The van der Waals surface area contributed by atoms with Crippen molar-refractivity contribution in [1.29, 1.82) is 0 Å². The van der Waals surface area contributed by atoms with Crippen molar-refractivity contribution in [2.45, 2.75) is 42.9 Å². The third-order valence-corrected chi connectivity index (χ3v) is 7.18. The lowest BCUT2D eigenvalue weighted by atomic mass is 9.69. The van der Waals surface area contributed by atoms with E-state index in [1.807, 2.05) is 135 Å². The van der Waals surface area contributed by atoms with Crippen molar-refractivity contribution in [1.82, 2.24) is 0 Å². The molecule has 4 aromatic rings. The van der Waals surface area contributed by atoms with E-state index in [0.717, 1.165) is 22.3 Å². The Bertz CT molecular complexity index is 1310. The molecule has 0 aromatic heterocycles. The number of nitrogens with zero attached hydrogens (tertiary/aromatic N) is 6. The summed E-state index contributed by atoms with van der Waals surface area (Å²) < 4.78 is 13.4. The van der Waals surface area contributed by atoms with Crippen LogP contribution in [-0.2, 0) is 20.6 Å². The van der Waals surface area contributed by atoms with Crippen LogP contribution in [-0.4, -0.2) is 18.0 Å². The monoisotopic (exact) mass is 516 g/mol. The van der Waals surface area contributed by atoms with Gasteiger partial charge in [0.25, 0.3) is 0 Å². The molecule has 0 saturated carbocycles. The average Bonchev–Trinajstić information content (AvgIpc) is 3.32. The molecule has 1 saturated heterocycles. The van der Waals surface area contributed by atoms with Gasteiger partial charge in [-0.3, -0.25) is 0 Å². The van der Waals surface area contributed by atoms with Gasteiger partial charge in [0.1, 0.15) is 23.3 Å². The molecule has 5 rings (SSSR count). The van der Waals surface area contributed by atoms with E-state index in [1.54, 1.807) is 0 Å². The molecule has 0 aliphatic carbocycles. The lowest BCUT2D eigenvalue weighted by molar-refractivity contribution is -0.154. The van der Waals surface area contributed by atoms with Gasteiger partial charge in [0.05, 0.1) is 0 Å². The zero-order chi connectivity index (χ0) is 27.3. The molecule has 8 nitrogen and oxygen atoms in total. The zero-order valence-corrected chi connectivity index (χ0v) is 21.7. The molecule has 0 radical (unpaired) electrons. The van der Waals surface area contributed by atoms with E-state index in [4.69, 9.17) is 9.47 Å². The summed E-state index contributed by atoms with van der Waals surface area (Å²) in [6.07, 6.45) is -1.81. The molecule has 4 aromatic carbocycles. The Morgan fingerprint density at radius 1 is 0.538 bits per heavy atom. The lowest BCUT2D eigenvalue weighted by Crippen LogP contribution is -2.53. The SMILES string of the molecule is CC1(C)O[C@H](C(N=[N+]=[N-])(c2ccccc2)c2ccccc2)[C@@H](C(N=[N+]=[N-])(c2ccccc2)c2ccccc2)O1. The highest BCUT2D eigenvalue weighted by molar-refractivity contribution is 5.46. The highest BCUT2D eigenvalue weighted by Gasteiger charge is 2.61. The van der Waals surface area contributed by atoms with E-state index < -0.39 is 29.1 Å². The van der Waals surface area contributed by atoms with E-state index in [1.165, 1.54) is 0 Å². The molecule has 0 amide bonds. The summed E-state index contributed by atoms with van der Waals surface area (Å²) in [6.45, 7) is 3.63. The summed E-state index contributed by atoms with van der Waals surface area (Å²) in [7, 11) is 0. The zero-order valence-electron chi connectivity index (χ0n) is 21.7. The van der Waals surface area contributed by atoms with Crippen LogP contribution in [0.15, 0.2) is 132 Å².